The molecule has 11 nitrogen and oxygen atoms in total. The monoisotopic (exact) mass is 379 g/mol. The van der Waals surface area contributed by atoms with Crippen LogP contribution in [0.2, 0.25) is 0 Å². The van der Waals surface area contributed by atoms with Gasteiger partial charge < -0.3 is 29.8 Å². The first-order valence-electron chi connectivity index (χ1n) is 9.00. The largest absolute Gasteiger partial charge is 0.378 e. The zero-order valence-electron chi connectivity index (χ0n) is 15.6. The molecule has 148 valence electrons. The Hall–Kier alpha value is -2.53. The third-order valence-corrected chi connectivity index (χ3v) is 4.13. The number of hydrogen-bond acceptors (Lipinski definition) is 10. The van der Waals surface area contributed by atoms with Gasteiger partial charge in [0.05, 0.1) is 32.3 Å². The first-order valence-corrected chi connectivity index (χ1v) is 9.00. The number of hydrogen-bond donors (Lipinski definition) is 1. The Balaban J connectivity index is 1.88. The predicted octanol–water partition coefficient (Wildman–Crippen LogP) is -0.636. The molecule has 1 aromatic heterocycles. The number of nitrogens with two attached hydrogens (primary N) is 1. The van der Waals surface area contributed by atoms with Crippen LogP contribution in [0, 0.1) is 5.92 Å². The van der Waals surface area contributed by atoms with Crippen molar-refractivity contribution in [3.05, 3.63) is 5.82 Å². The number of ether oxygens (including phenoxy) is 2. The van der Waals surface area contributed by atoms with Crippen molar-refractivity contribution < 1.29 is 19.1 Å². The van der Waals surface area contributed by atoms with Gasteiger partial charge >= 0.3 is 5.97 Å². The van der Waals surface area contributed by atoms with Crippen molar-refractivity contribution in [3.8, 4) is 0 Å². The molecular weight excluding hydrogens is 354 g/mol. The molecule has 0 unspecified atom stereocenters. The highest BCUT2D eigenvalue weighted by Gasteiger charge is 2.22. The highest BCUT2D eigenvalue weighted by Crippen LogP contribution is 2.17. The van der Waals surface area contributed by atoms with Gasteiger partial charge in [-0.1, -0.05) is 19.0 Å². The number of morpholine rings is 2. The molecule has 27 heavy (non-hydrogen) atoms. The average Bonchev–Trinajstić information content (AvgIpc) is 2.72. The molecule has 2 N–H and O–H groups in total. The Bertz CT molecular complexity index is 649. The number of carbonyl (C=O) groups excluding carboxylic acids is 1. The molecule has 1 aromatic rings. The molecular formula is C16H25N7O4. The van der Waals surface area contributed by atoms with Crippen LogP contribution in [0.3, 0.4) is 0 Å². The van der Waals surface area contributed by atoms with Gasteiger partial charge in [0.2, 0.25) is 23.6 Å². The quantitative estimate of drug-likeness (QED) is 0.305. The van der Waals surface area contributed by atoms with E-state index in [-0.39, 0.29) is 17.6 Å². The van der Waals surface area contributed by atoms with Crippen molar-refractivity contribution in [3.63, 3.8) is 0 Å². The van der Waals surface area contributed by atoms with Crippen LogP contribution in [-0.2, 0) is 19.1 Å². The third-order valence-electron chi connectivity index (χ3n) is 4.13. The molecule has 0 aromatic carbocycles. The van der Waals surface area contributed by atoms with Crippen LogP contribution < -0.4 is 15.5 Å². The molecule has 3 rings (SSSR count). The normalized spacial score (nSPS) is 18.7. The van der Waals surface area contributed by atoms with Gasteiger partial charge in [0.1, 0.15) is 0 Å². The maximum Gasteiger partial charge on any atom is 0.337 e. The molecule has 0 aliphatic carbocycles. The minimum Gasteiger partial charge on any atom is -0.378 e. The van der Waals surface area contributed by atoms with Gasteiger partial charge in [0, 0.05) is 26.2 Å². The molecule has 11 heteroatoms. The summed E-state index contributed by atoms with van der Waals surface area (Å²) in [6, 6.07) is 0. The van der Waals surface area contributed by atoms with E-state index in [9.17, 15) is 4.79 Å². The first kappa shape index (κ1) is 19.2. The van der Waals surface area contributed by atoms with Crippen molar-refractivity contribution in [1.82, 2.24) is 15.0 Å². The number of oxime groups is 1. The highest BCUT2D eigenvalue weighted by molar-refractivity contribution is 5.94. The third kappa shape index (κ3) is 5.01. The molecule has 3 heterocycles. The van der Waals surface area contributed by atoms with Crippen LogP contribution in [0.4, 0.5) is 11.9 Å². The highest BCUT2D eigenvalue weighted by atomic mass is 16.7. The maximum atomic E-state index is 11.6. The fourth-order valence-corrected chi connectivity index (χ4v) is 2.52. The second-order valence-corrected chi connectivity index (χ2v) is 6.50. The minimum absolute atomic E-state index is 0.0737. The van der Waals surface area contributed by atoms with E-state index in [2.05, 4.69) is 20.1 Å². The minimum atomic E-state index is -0.478. The van der Waals surface area contributed by atoms with Crippen LogP contribution in [0.5, 0.6) is 0 Å². The van der Waals surface area contributed by atoms with Gasteiger partial charge in [0.15, 0.2) is 0 Å². The summed E-state index contributed by atoms with van der Waals surface area (Å²) in [6.45, 7) is 8.52. The number of anilines is 2. The predicted molar refractivity (Wildman–Crippen MR) is 97.5 cm³/mol. The van der Waals surface area contributed by atoms with Crippen LogP contribution in [0.15, 0.2) is 5.16 Å². The van der Waals surface area contributed by atoms with E-state index in [1.54, 1.807) is 13.8 Å². The number of aromatic nitrogens is 3. The van der Waals surface area contributed by atoms with Crippen LogP contribution >= 0.6 is 0 Å². The molecule has 0 saturated carbocycles. The van der Waals surface area contributed by atoms with Gasteiger partial charge in [-0.15, -0.1) is 0 Å². The van der Waals surface area contributed by atoms with Crippen LogP contribution in [0.25, 0.3) is 0 Å². The van der Waals surface area contributed by atoms with Gasteiger partial charge in [-0.3, -0.25) is 0 Å². The molecule has 2 aliphatic heterocycles. The second-order valence-electron chi connectivity index (χ2n) is 6.50. The van der Waals surface area contributed by atoms with Crippen molar-refractivity contribution in [1.29, 1.82) is 0 Å². The van der Waals surface area contributed by atoms with Gasteiger partial charge in [-0.05, 0) is 0 Å². The Morgan fingerprint density at radius 1 is 1.00 bits per heavy atom. The number of carbonyl (C=O) groups is 1. The zero-order chi connectivity index (χ0) is 19.2. The molecule has 2 saturated heterocycles. The lowest BCUT2D eigenvalue weighted by molar-refractivity contribution is -0.147. The van der Waals surface area contributed by atoms with E-state index >= 15 is 0 Å². The van der Waals surface area contributed by atoms with Gasteiger partial charge in [0.25, 0.3) is 0 Å². The lowest BCUT2D eigenvalue weighted by atomic mass is 10.2. The summed E-state index contributed by atoms with van der Waals surface area (Å²) in [5.41, 5.74) is 5.97. The van der Waals surface area contributed by atoms with Crippen molar-refractivity contribution >= 4 is 23.7 Å². The van der Waals surface area contributed by atoms with E-state index in [4.69, 9.17) is 20.0 Å². The van der Waals surface area contributed by atoms with Crippen molar-refractivity contribution in [2.24, 2.45) is 16.8 Å². The molecule has 0 bridgehead atoms. The van der Waals surface area contributed by atoms with Crippen LogP contribution in [0.1, 0.15) is 19.7 Å². The summed E-state index contributed by atoms with van der Waals surface area (Å²) in [7, 11) is 0. The molecule has 2 aliphatic rings. The summed E-state index contributed by atoms with van der Waals surface area (Å²) in [5.74, 6) is 0.303. The van der Waals surface area contributed by atoms with Crippen LogP contribution in [-0.4, -0.2) is 79.4 Å². The fourth-order valence-electron chi connectivity index (χ4n) is 2.52. The van der Waals surface area contributed by atoms with E-state index in [1.807, 2.05) is 9.80 Å². The summed E-state index contributed by atoms with van der Waals surface area (Å²) in [4.78, 5) is 33.9. The van der Waals surface area contributed by atoms with E-state index in [1.165, 1.54) is 0 Å². The average molecular weight is 379 g/mol. The summed E-state index contributed by atoms with van der Waals surface area (Å²) in [6.07, 6.45) is 0. The topological polar surface area (TPSA) is 128 Å². The Morgan fingerprint density at radius 2 is 1.48 bits per heavy atom. The Morgan fingerprint density at radius 3 is 1.93 bits per heavy atom. The molecule has 2 fully saturated rings. The van der Waals surface area contributed by atoms with E-state index < -0.39 is 5.97 Å². The number of rotatable bonds is 5. The summed E-state index contributed by atoms with van der Waals surface area (Å²) >= 11 is 0. The summed E-state index contributed by atoms with van der Waals surface area (Å²) < 4.78 is 10.8. The van der Waals surface area contributed by atoms with Gasteiger partial charge in [-0.2, -0.15) is 15.0 Å². The second kappa shape index (κ2) is 8.91. The molecule has 0 atom stereocenters. The lowest BCUT2D eigenvalue weighted by Gasteiger charge is -2.30. The SMILES string of the molecule is CC(C)C(=O)O/N=C(\N)c1nc(N2CCOCC2)nc(N2CCOCC2)n1. The van der Waals surface area contributed by atoms with E-state index in [0.717, 1.165) is 0 Å². The smallest absolute Gasteiger partial charge is 0.337 e. The van der Waals surface area contributed by atoms with Gasteiger partial charge in [-0.25, -0.2) is 4.79 Å². The maximum absolute atomic E-state index is 11.6. The molecule has 0 radical (unpaired) electrons. The standard InChI is InChI=1S/C16H25N7O4/c1-11(2)14(24)27-21-12(17)13-18-15(22-3-7-25-8-4-22)20-16(19-13)23-5-9-26-10-6-23/h11H,3-10H2,1-2H3,(H2,17,21). The van der Waals surface area contributed by atoms with Crippen molar-refractivity contribution in [2.45, 2.75) is 13.8 Å². The summed E-state index contributed by atoms with van der Waals surface area (Å²) in [5, 5.41) is 3.69. The number of nitrogens with zero attached hydrogens (tertiary/aromatic N) is 6. The van der Waals surface area contributed by atoms with Crippen molar-refractivity contribution in [2.75, 3.05) is 62.4 Å². The molecule has 0 amide bonds. The zero-order valence-corrected chi connectivity index (χ0v) is 15.6. The Kier molecular flexibility index (Phi) is 6.35. The fraction of sp³-hybridized carbons (Fsp3) is 0.688. The van der Waals surface area contributed by atoms with E-state index in [0.29, 0.717) is 64.5 Å². The lowest BCUT2D eigenvalue weighted by Crippen LogP contribution is -2.40. The molecule has 0 spiro atoms. The first-order chi connectivity index (χ1) is 13.0. The Labute approximate surface area is 157 Å². The number of amidine groups is 1.